The molecule has 0 saturated carbocycles. The molecule has 0 bridgehead atoms. The molecule has 5 nitrogen and oxygen atoms in total. The lowest BCUT2D eigenvalue weighted by Crippen LogP contribution is -2.44. The first-order valence-corrected chi connectivity index (χ1v) is 4.97. The summed E-state index contributed by atoms with van der Waals surface area (Å²) in [5.74, 6) is -0.111. The Labute approximate surface area is 93.0 Å². The fourth-order valence-corrected chi connectivity index (χ4v) is 1.74. The molecule has 1 aliphatic rings. The Bertz CT molecular complexity index is 419. The van der Waals surface area contributed by atoms with E-state index >= 15 is 0 Å². The van der Waals surface area contributed by atoms with Gasteiger partial charge in [-0.05, 0) is 19.1 Å². The van der Waals surface area contributed by atoms with Gasteiger partial charge in [0, 0.05) is 0 Å². The normalized spacial score (nSPS) is 16.1. The van der Waals surface area contributed by atoms with Gasteiger partial charge in [0.15, 0.2) is 6.23 Å². The molecular formula is C11H12N2O3. The number of benzene rings is 1. The first-order chi connectivity index (χ1) is 7.72. The third kappa shape index (κ3) is 1.84. The summed E-state index contributed by atoms with van der Waals surface area (Å²) in [6.07, 6.45) is -0.454. The third-order valence-electron chi connectivity index (χ3n) is 2.49. The predicted molar refractivity (Wildman–Crippen MR) is 59.0 cm³/mol. The zero-order valence-electron chi connectivity index (χ0n) is 8.84. The summed E-state index contributed by atoms with van der Waals surface area (Å²) in [5.41, 5.74) is 1.59. The van der Waals surface area contributed by atoms with Crippen LogP contribution in [0.15, 0.2) is 24.3 Å². The summed E-state index contributed by atoms with van der Waals surface area (Å²) < 4.78 is 4.85. The molecule has 0 aromatic heterocycles. The van der Waals surface area contributed by atoms with Crippen LogP contribution in [0, 0.1) is 0 Å². The Hall–Kier alpha value is -2.04. The van der Waals surface area contributed by atoms with Crippen molar-refractivity contribution in [3.05, 3.63) is 24.3 Å². The maximum atomic E-state index is 11.4. The van der Waals surface area contributed by atoms with Gasteiger partial charge in [-0.1, -0.05) is 12.1 Å². The van der Waals surface area contributed by atoms with E-state index in [4.69, 9.17) is 4.74 Å². The van der Waals surface area contributed by atoms with Gasteiger partial charge in [-0.2, -0.15) is 0 Å². The average molecular weight is 220 g/mol. The zero-order valence-corrected chi connectivity index (χ0v) is 8.84. The number of amides is 1. The smallest absolute Gasteiger partial charge is 0.294 e. The molecule has 5 heteroatoms. The zero-order chi connectivity index (χ0) is 11.5. The molecule has 0 saturated heterocycles. The molecule has 1 aromatic carbocycles. The largest absolute Gasteiger partial charge is 0.444 e. The van der Waals surface area contributed by atoms with E-state index in [-0.39, 0.29) is 12.5 Å². The number of rotatable bonds is 3. The monoisotopic (exact) mass is 220 g/mol. The van der Waals surface area contributed by atoms with Gasteiger partial charge >= 0.3 is 0 Å². The minimum Gasteiger partial charge on any atom is -0.444 e. The summed E-state index contributed by atoms with van der Waals surface area (Å²) in [6, 6.07) is 7.40. The maximum absolute atomic E-state index is 11.4. The summed E-state index contributed by atoms with van der Waals surface area (Å²) in [6.45, 7) is 2.30. The molecule has 1 atom stereocenters. The first-order valence-electron chi connectivity index (χ1n) is 4.97. The van der Waals surface area contributed by atoms with Crippen molar-refractivity contribution in [2.75, 3.05) is 16.8 Å². The fraction of sp³-hybridized carbons (Fsp3) is 0.273. The van der Waals surface area contributed by atoms with Gasteiger partial charge < -0.3 is 15.0 Å². The number of carbonyl (C=O) groups is 2. The molecule has 0 spiro atoms. The Morgan fingerprint density at radius 2 is 2.25 bits per heavy atom. The van der Waals surface area contributed by atoms with Crippen LogP contribution in [0.2, 0.25) is 0 Å². The van der Waals surface area contributed by atoms with Gasteiger partial charge in [0.1, 0.15) is 6.54 Å². The van der Waals surface area contributed by atoms with E-state index in [9.17, 15) is 9.59 Å². The molecule has 16 heavy (non-hydrogen) atoms. The van der Waals surface area contributed by atoms with Crippen LogP contribution in [0.25, 0.3) is 0 Å². The second kappa shape index (κ2) is 4.22. The number of ether oxygens (including phenoxy) is 1. The van der Waals surface area contributed by atoms with Crippen LogP contribution < -0.4 is 10.2 Å². The Kier molecular flexibility index (Phi) is 2.76. The van der Waals surface area contributed by atoms with Crippen LogP contribution in [-0.2, 0) is 14.3 Å². The minimum absolute atomic E-state index is 0.111. The van der Waals surface area contributed by atoms with Crippen LogP contribution in [0.4, 0.5) is 11.4 Å². The molecule has 0 aliphatic carbocycles. The van der Waals surface area contributed by atoms with Crippen molar-refractivity contribution < 1.29 is 14.3 Å². The van der Waals surface area contributed by atoms with Crippen molar-refractivity contribution in [3.63, 3.8) is 0 Å². The van der Waals surface area contributed by atoms with Crippen LogP contribution in [0.1, 0.15) is 6.92 Å². The van der Waals surface area contributed by atoms with Crippen molar-refractivity contribution in [1.29, 1.82) is 0 Å². The number of nitrogens with one attached hydrogen (secondary N) is 1. The van der Waals surface area contributed by atoms with Gasteiger partial charge in [0.2, 0.25) is 5.91 Å². The highest BCUT2D eigenvalue weighted by molar-refractivity contribution is 6.01. The van der Waals surface area contributed by atoms with Crippen LogP contribution in [0.5, 0.6) is 0 Å². The fourth-order valence-electron chi connectivity index (χ4n) is 1.74. The Morgan fingerprint density at radius 3 is 3.00 bits per heavy atom. The number of para-hydroxylation sites is 2. The molecule has 1 aliphatic heterocycles. The summed E-state index contributed by atoms with van der Waals surface area (Å²) in [5, 5.41) is 2.76. The third-order valence-corrected chi connectivity index (χ3v) is 2.49. The number of fused-ring (bicyclic) bond motifs is 1. The molecule has 84 valence electrons. The van der Waals surface area contributed by atoms with E-state index in [0.29, 0.717) is 6.47 Å². The van der Waals surface area contributed by atoms with Gasteiger partial charge in [-0.3, -0.25) is 9.59 Å². The Balaban J connectivity index is 2.33. The Morgan fingerprint density at radius 1 is 1.50 bits per heavy atom. The second-order valence-corrected chi connectivity index (χ2v) is 3.52. The van der Waals surface area contributed by atoms with Crippen LogP contribution in [-0.4, -0.2) is 25.2 Å². The lowest BCUT2D eigenvalue weighted by atomic mass is 10.2. The van der Waals surface area contributed by atoms with Crippen molar-refractivity contribution in [2.24, 2.45) is 0 Å². The maximum Gasteiger partial charge on any atom is 0.294 e. The van der Waals surface area contributed by atoms with Gasteiger partial charge in [0.25, 0.3) is 6.47 Å². The standard InChI is InChI=1S/C11H12N2O3/c1-8(16-7-14)13-6-11(15)12-9-4-2-3-5-10(9)13/h2-5,7-8H,6H2,1H3,(H,12,15). The highest BCUT2D eigenvalue weighted by Crippen LogP contribution is 2.30. The van der Waals surface area contributed by atoms with Crippen molar-refractivity contribution in [3.8, 4) is 0 Å². The lowest BCUT2D eigenvalue weighted by Gasteiger charge is -2.34. The molecule has 1 N–H and O–H groups in total. The van der Waals surface area contributed by atoms with E-state index < -0.39 is 6.23 Å². The SMILES string of the molecule is CC(OC=O)N1CC(=O)Nc2ccccc21. The number of nitrogens with zero attached hydrogens (tertiary/aromatic N) is 1. The van der Waals surface area contributed by atoms with Crippen LogP contribution >= 0.6 is 0 Å². The molecule has 2 rings (SSSR count). The van der Waals surface area contributed by atoms with Gasteiger partial charge in [-0.25, -0.2) is 0 Å². The number of hydrogen-bond donors (Lipinski definition) is 1. The van der Waals surface area contributed by atoms with Crippen molar-refractivity contribution in [1.82, 2.24) is 0 Å². The van der Waals surface area contributed by atoms with Crippen molar-refractivity contribution >= 4 is 23.8 Å². The molecule has 1 heterocycles. The van der Waals surface area contributed by atoms with E-state index in [1.807, 2.05) is 24.3 Å². The molecular weight excluding hydrogens is 208 g/mol. The van der Waals surface area contributed by atoms with E-state index in [2.05, 4.69) is 5.32 Å². The first kappa shape index (κ1) is 10.5. The quantitative estimate of drug-likeness (QED) is 0.771. The summed E-state index contributed by atoms with van der Waals surface area (Å²) in [4.78, 5) is 23.5. The number of carbonyl (C=O) groups excluding carboxylic acids is 2. The number of anilines is 2. The summed E-state index contributed by atoms with van der Waals surface area (Å²) >= 11 is 0. The molecule has 1 amide bonds. The average Bonchev–Trinajstić information content (AvgIpc) is 2.28. The molecule has 1 aromatic rings. The second-order valence-electron chi connectivity index (χ2n) is 3.52. The molecule has 1 unspecified atom stereocenters. The highest BCUT2D eigenvalue weighted by atomic mass is 16.5. The topological polar surface area (TPSA) is 58.6 Å². The van der Waals surface area contributed by atoms with E-state index in [0.717, 1.165) is 11.4 Å². The van der Waals surface area contributed by atoms with Gasteiger partial charge in [-0.15, -0.1) is 0 Å². The van der Waals surface area contributed by atoms with Crippen LogP contribution in [0.3, 0.4) is 0 Å². The lowest BCUT2D eigenvalue weighted by molar-refractivity contribution is -0.133. The summed E-state index contributed by atoms with van der Waals surface area (Å²) in [7, 11) is 0. The number of hydrogen-bond acceptors (Lipinski definition) is 4. The van der Waals surface area contributed by atoms with E-state index in [1.54, 1.807) is 11.8 Å². The van der Waals surface area contributed by atoms with Crippen molar-refractivity contribution in [2.45, 2.75) is 13.2 Å². The van der Waals surface area contributed by atoms with Gasteiger partial charge in [0.05, 0.1) is 11.4 Å². The van der Waals surface area contributed by atoms with E-state index in [1.165, 1.54) is 0 Å². The highest BCUT2D eigenvalue weighted by Gasteiger charge is 2.25. The minimum atomic E-state index is -0.454. The molecule has 0 radical (unpaired) electrons. The molecule has 0 fully saturated rings. The predicted octanol–water partition coefficient (Wildman–Crippen LogP) is 0.964.